The number of anilines is 1. The number of fused-ring (bicyclic) bond motifs is 1. The Bertz CT molecular complexity index is 2260. The molecule has 0 saturated carbocycles. The quantitative estimate of drug-likeness (QED) is 0.0580. The first-order valence-electron chi connectivity index (χ1n) is 18.8. The molecule has 0 radical (unpaired) electrons. The number of carbonyl (C=O) groups excluding carboxylic acids is 1. The van der Waals surface area contributed by atoms with E-state index < -0.39 is 52.3 Å². The number of nitrogens with one attached hydrogen (secondary N) is 2. The van der Waals surface area contributed by atoms with E-state index in [1.165, 1.54) is 6.33 Å². The number of aromatic amines is 1. The minimum Gasteiger partial charge on any atom is -0.497 e. The zero-order valence-corrected chi connectivity index (χ0v) is 35.6. The van der Waals surface area contributed by atoms with Gasteiger partial charge >= 0.3 is 8.25 Å². The lowest BCUT2D eigenvalue weighted by Gasteiger charge is -2.40. The van der Waals surface area contributed by atoms with Crippen LogP contribution in [0.15, 0.2) is 90.0 Å². The van der Waals surface area contributed by atoms with Gasteiger partial charge in [0, 0.05) is 10.5 Å². The fraction of sp³-hybridized carbons (Fsp3) is 0.415. The number of nitrogens with zero attached hydrogens (tertiary/aromatic N) is 3. The maximum Gasteiger partial charge on any atom is 0.695 e. The first-order valence-corrected chi connectivity index (χ1v) is 22.8. The molecule has 3 heterocycles. The van der Waals surface area contributed by atoms with Crippen LogP contribution in [0.5, 0.6) is 5.75 Å². The molecular weight excluding hydrogens is 766 g/mol. The highest BCUT2D eigenvalue weighted by molar-refractivity contribution is 7.32. The fourth-order valence-corrected chi connectivity index (χ4v) is 8.37. The van der Waals surface area contributed by atoms with Crippen LogP contribution >= 0.6 is 8.25 Å². The summed E-state index contributed by atoms with van der Waals surface area (Å²) in [5, 5.41) is 2.36. The Labute approximate surface area is 334 Å². The monoisotopic (exact) mass is 816 g/mol. The van der Waals surface area contributed by atoms with Crippen molar-refractivity contribution in [3.8, 4) is 5.75 Å². The number of benzene rings is 3. The predicted octanol–water partition coefficient (Wildman–Crippen LogP) is 7.36. The highest BCUT2D eigenvalue weighted by Gasteiger charge is 2.56. The van der Waals surface area contributed by atoms with Crippen LogP contribution < -0.4 is 15.6 Å². The van der Waals surface area contributed by atoms with Gasteiger partial charge in [-0.2, -0.15) is 4.98 Å². The first kappa shape index (κ1) is 42.0. The Morgan fingerprint density at radius 1 is 1.00 bits per heavy atom. The molecule has 3 N–H and O–H groups in total. The summed E-state index contributed by atoms with van der Waals surface area (Å²) in [5.74, 6) is -0.116. The van der Waals surface area contributed by atoms with Crippen molar-refractivity contribution >= 4 is 39.6 Å². The van der Waals surface area contributed by atoms with Crippen LogP contribution in [0.2, 0.25) is 18.1 Å². The lowest BCUT2D eigenvalue weighted by atomic mass is 9.79. The maximum atomic E-state index is 13.3. The molecule has 0 aliphatic carbocycles. The maximum absolute atomic E-state index is 13.3. The molecule has 1 aliphatic rings. The average Bonchev–Trinajstić information content (AvgIpc) is 3.73. The van der Waals surface area contributed by atoms with Crippen molar-refractivity contribution in [2.75, 3.05) is 19.0 Å². The van der Waals surface area contributed by atoms with Crippen LogP contribution in [0.1, 0.15) is 63.1 Å². The predicted molar refractivity (Wildman–Crippen MR) is 219 cm³/mol. The minimum atomic E-state index is -3.16. The van der Waals surface area contributed by atoms with E-state index in [0.29, 0.717) is 5.75 Å². The summed E-state index contributed by atoms with van der Waals surface area (Å²) in [6.07, 6.45) is -2.79. The van der Waals surface area contributed by atoms with Crippen LogP contribution in [-0.2, 0) is 33.4 Å². The molecule has 2 aromatic heterocycles. The van der Waals surface area contributed by atoms with E-state index in [4.69, 9.17) is 23.2 Å². The Morgan fingerprint density at radius 3 is 2.19 bits per heavy atom. The molecule has 16 heteroatoms. The number of amides is 1. The Hall–Kier alpha value is -4.60. The Morgan fingerprint density at radius 2 is 1.61 bits per heavy atom. The van der Waals surface area contributed by atoms with Gasteiger partial charge in [0.1, 0.15) is 23.6 Å². The summed E-state index contributed by atoms with van der Waals surface area (Å²) in [7, 11) is -4.22. The van der Waals surface area contributed by atoms with Crippen LogP contribution in [-0.4, -0.2) is 70.7 Å². The van der Waals surface area contributed by atoms with E-state index in [0.717, 1.165) is 22.3 Å². The van der Waals surface area contributed by atoms with Crippen molar-refractivity contribution in [1.29, 1.82) is 0 Å². The second kappa shape index (κ2) is 16.7. The SMILES string of the molecule is COc1ccc(C(OC[C@H]2O[C@@H](n3cnc4c(=O)[nH]c(NC(=O)C(C)C)nc43)[C@@H](O[Si](C)(C)C(C)(C)C)C2O[P+](=O)O)(c2ccccc2)c2ccc(C)cc2)cc1. The van der Waals surface area contributed by atoms with Crippen molar-refractivity contribution < 1.29 is 37.4 Å². The van der Waals surface area contributed by atoms with Crippen molar-refractivity contribution in [2.45, 2.75) is 89.8 Å². The normalized spacial score (nSPS) is 20.1. The number of methoxy groups -OCH3 is 1. The van der Waals surface area contributed by atoms with E-state index in [9.17, 15) is 19.0 Å². The van der Waals surface area contributed by atoms with Gasteiger partial charge in [-0.15, -0.1) is 9.42 Å². The van der Waals surface area contributed by atoms with Gasteiger partial charge in [0.05, 0.1) is 20.0 Å². The summed E-state index contributed by atoms with van der Waals surface area (Å²) in [4.78, 5) is 47.8. The van der Waals surface area contributed by atoms with Crippen LogP contribution in [0.4, 0.5) is 5.95 Å². The molecule has 14 nitrogen and oxygen atoms in total. The number of imidazole rings is 1. The average molecular weight is 817 g/mol. The molecule has 1 fully saturated rings. The molecular formula is C41H51N5O9PSi+. The molecule has 0 spiro atoms. The number of carbonyl (C=O) groups is 1. The number of ether oxygens (including phenoxy) is 3. The third-order valence-corrected chi connectivity index (χ3v) is 15.7. The molecule has 0 bridgehead atoms. The number of aromatic nitrogens is 4. The van der Waals surface area contributed by atoms with Gasteiger partial charge in [0.15, 0.2) is 31.8 Å². The highest BCUT2D eigenvalue weighted by atomic mass is 31.1. The molecule has 6 atom stereocenters. The number of hydrogen-bond donors (Lipinski definition) is 3. The van der Waals surface area contributed by atoms with Crippen LogP contribution in [0.25, 0.3) is 11.2 Å². The third-order valence-electron chi connectivity index (χ3n) is 10.8. The smallest absolute Gasteiger partial charge is 0.497 e. The molecule has 3 unspecified atom stereocenters. The van der Waals surface area contributed by atoms with Crippen LogP contribution in [0.3, 0.4) is 0 Å². The van der Waals surface area contributed by atoms with Crippen molar-refractivity contribution in [3.05, 3.63) is 118 Å². The molecule has 302 valence electrons. The zero-order valence-electron chi connectivity index (χ0n) is 33.7. The summed E-state index contributed by atoms with van der Waals surface area (Å²) < 4.78 is 46.6. The van der Waals surface area contributed by atoms with Gasteiger partial charge in [-0.3, -0.25) is 24.5 Å². The Balaban J connectivity index is 1.50. The van der Waals surface area contributed by atoms with Gasteiger partial charge in [0.2, 0.25) is 11.9 Å². The lowest BCUT2D eigenvalue weighted by molar-refractivity contribution is -0.118. The Kier molecular flexibility index (Phi) is 12.3. The number of rotatable bonds is 14. The molecule has 57 heavy (non-hydrogen) atoms. The second-order valence-corrected chi connectivity index (χ2v) is 21.5. The third kappa shape index (κ3) is 8.65. The zero-order chi connectivity index (χ0) is 41.3. The van der Waals surface area contributed by atoms with E-state index in [1.807, 2.05) is 85.8 Å². The van der Waals surface area contributed by atoms with E-state index in [-0.39, 0.29) is 40.6 Å². The van der Waals surface area contributed by atoms with Gasteiger partial charge in [-0.1, -0.05) is 107 Å². The largest absolute Gasteiger partial charge is 0.695 e. The van der Waals surface area contributed by atoms with E-state index in [2.05, 4.69) is 54.1 Å². The summed E-state index contributed by atoms with van der Waals surface area (Å²) in [5.41, 5.74) is 1.85. The van der Waals surface area contributed by atoms with Gasteiger partial charge in [-0.25, -0.2) is 4.98 Å². The summed E-state index contributed by atoms with van der Waals surface area (Å²) in [6, 6.07) is 25.5. The van der Waals surface area contributed by atoms with Crippen molar-refractivity contribution in [1.82, 2.24) is 19.5 Å². The van der Waals surface area contributed by atoms with Crippen LogP contribution in [0, 0.1) is 12.8 Å². The first-order chi connectivity index (χ1) is 26.9. The number of aryl methyl sites for hydroxylation is 1. The highest BCUT2D eigenvalue weighted by Crippen LogP contribution is 2.47. The molecule has 5 aromatic rings. The van der Waals surface area contributed by atoms with Crippen molar-refractivity contribution in [2.24, 2.45) is 5.92 Å². The molecule has 3 aromatic carbocycles. The molecule has 1 saturated heterocycles. The van der Waals surface area contributed by atoms with Gasteiger partial charge in [0.25, 0.3) is 5.56 Å². The van der Waals surface area contributed by atoms with E-state index in [1.54, 1.807) is 25.5 Å². The van der Waals surface area contributed by atoms with Crippen molar-refractivity contribution in [3.63, 3.8) is 0 Å². The topological polar surface area (TPSA) is 176 Å². The number of hydrogen-bond acceptors (Lipinski definition) is 10. The second-order valence-electron chi connectivity index (χ2n) is 16.1. The minimum absolute atomic E-state index is 0.000373. The number of H-pyrrole nitrogens is 1. The molecule has 1 aliphatic heterocycles. The fourth-order valence-electron chi connectivity index (χ4n) is 6.62. The summed E-state index contributed by atoms with van der Waals surface area (Å²) >= 11 is 0. The molecule has 1 amide bonds. The van der Waals surface area contributed by atoms with Gasteiger partial charge < -0.3 is 18.6 Å². The molecule has 6 rings (SSSR count). The van der Waals surface area contributed by atoms with E-state index >= 15 is 0 Å². The summed E-state index contributed by atoms with van der Waals surface area (Å²) in [6.45, 7) is 15.7. The standard InChI is InChI=1S/C41H50N5O9PSi/c1-25(2)36(47)44-39-43-35-32(37(48)45-39)42-24-46(35)38-34(55-57(8,9)40(4,5)6)33(54-56(49)50)31(53-38)23-52-41(27-13-11-10-12-14-27,28-17-15-26(3)16-18-28)29-19-21-30(51-7)22-20-29/h10-22,24-25,31,33-34,38H,23H2,1-9H3,(H2-,43,44,45,47,48,49,50)/p+1/t31-,33?,34+,38-,41?/m1/s1. The lowest BCUT2D eigenvalue weighted by Crippen LogP contribution is -2.49. The van der Waals surface area contributed by atoms with Gasteiger partial charge in [-0.05, 0) is 53.9 Å².